The maximum atomic E-state index is 13.1. The lowest BCUT2D eigenvalue weighted by Gasteiger charge is -2.13. The second-order valence-corrected chi connectivity index (χ2v) is 5.48. The summed E-state index contributed by atoms with van der Waals surface area (Å²) in [6.07, 6.45) is -2.62. The van der Waals surface area contributed by atoms with Crippen molar-refractivity contribution in [2.45, 2.75) is 29.6 Å². The molecule has 0 unspecified atom stereocenters. The largest absolute Gasteiger partial charge is 0.416 e. The van der Waals surface area contributed by atoms with E-state index in [1.807, 2.05) is 0 Å². The molecule has 112 valence electrons. The molecule has 3 nitrogen and oxygen atoms in total. The Kier molecular flexibility index (Phi) is 4.84. The van der Waals surface area contributed by atoms with Crippen molar-refractivity contribution in [3.05, 3.63) is 47.3 Å². The van der Waals surface area contributed by atoms with Crippen LogP contribution in [-0.2, 0) is 12.6 Å². The Labute approximate surface area is 124 Å². The number of nitrogens with zero attached hydrogens (tertiary/aromatic N) is 2. The van der Waals surface area contributed by atoms with Crippen LogP contribution < -0.4 is 5.73 Å². The molecular formula is C14H14F3N3S. The van der Waals surface area contributed by atoms with Gasteiger partial charge in [-0.2, -0.15) is 13.2 Å². The predicted molar refractivity (Wildman–Crippen MR) is 75.1 cm³/mol. The fraction of sp³-hybridized carbons (Fsp3) is 0.286. The smallest absolute Gasteiger partial charge is 0.330 e. The van der Waals surface area contributed by atoms with Crippen molar-refractivity contribution >= 4 is 11.8 Å². The van der Waals surface area contributed by atoms with Crippen molar-refractivity contribution in [3.8, 4) is 0 Å². The quantitative estimate of drug-likeness (QED) is 0.878. The van der Waals surface area contributed by atoms with E-state index in [9.17, 15) is 13.2 Å². The average molecular weight is 313 g/mol. The fourth-order valence-corrected chi connectivity index (χ4v) is 2.66. The van der Waals surface area contributed by atoms with E-state index in [-0.39, 0.29) is 18.5 Å². The van der Waals surface area contributed by atoms with E-state index in [0.29, 0.717) is 10.1 Å². The van der Waals surface area contributed by atoms with E-state index in [1.165, 1.54) is 6.07 Å². The molecule has 7 heteroatoms. The number of aromatic nitrogens is 2. The van der Waals surface area contributed by atoms with Crippen LogP contribution in [0, 0.1) is 6.92 Å². The molecule has 0 bridgehead atoms. The second kappa shape index (κ2) is 6.44. The van der Waals surface area contributed by atoms with E-state index < -0.39 is 11.7 Å². The first-order valence-electron chi connectivity index (χ1n) is 6.28. The Balaban J connectivity index is 2.33. The molecule has 2 rings (SSSR count). The average Bonchev–Trinajstić information content (AvgIpc) is 2.39. The highest BCUT2D eigenvalue weighted by molar-refractivity contribution is 7.99. The van der Waals surface area contributed by atoms with Crippen LogP contribution in [-0.4, -0.2) is 16.5 Å². The first-order valence-corrected chi connectivity index (χ1v) is 7.09. The number of hydrogen-bond acceptors (Lipinski definition) is 4. The molecule has 0 atom stereocenters. The number of hydrogen-bond donors (Lipinski definition) is 1. The Morgan fingerprint density at radius 3 is 2.62 bits per heavy atom. The topological polar surface area (TPSA) is 51.8 Å². The molecule has 0 aliphatic heterocycles. The SMILES string of the molecule is Cc1ccnc(Sc2ccc(CCN)c(C(F)(F)F)c2)n1. The van der Waals surface area contributed by atoms with Gasteiger partial charge in [-0.25, -0.2) is 9.97 Å². The molecule has 1 aromatic heterocycles. The Bertz CT molecular complexity index is 629. The lowest BCUT2D eigenvalue weighted by molar-refractivity contribution is -0.138. The second-order valence-electron chi connectivity index (χ2n) is 4.44. The number of alkyl halides is 3. The van der Waals surface area contributed by atoms with Gasteiger partial charge in [-0.05, 0) is 55.4 Å². The zero-order valence-electron chi connectivity index (χ0n) is 11.3. The summed E-state index contributed by atoms with van der Waals surface area (Å²) in [5.74, 6) is 0. The molecule has 21 heavy (non-hydrogen) atoms. The molecule has 0 saturated heterocycles. The highest BCUT2D eigenvalue weighted by Gasteiger charge is 2.33. The van der Waals surface area contributed by atoms with Crippen LogP contribution in [0.15, 0.2) is 40.5 Å². The van der Waals surface area contributed by atoms with E-state index >= 15 is 0 Å². The van der Waals surface area contributed by atoms with Crippen LogP contribution in [0.2, 0.25) is 0 Å². The molecule has 0 aliphatic rings. The molecule has 1 heterocycles. The minimum atomic E-state index is -4.39. The summed E-state index contributed by atoms with van der Waals surface area (Å²) in [4.78, 5) is 8.66. The molecule has 0 saturated carbocycles. The Morgan fingerprint density at radius 2 is 2.00 bits per heavy atom. The zero-order chi connectivity index (χ0) is 15.5. The number of benzene rings is 1. The van der Waals surface area contributed by atoms with E-state index in [1.54, 1.807) is 25.3 Å². The van der Waals surface area contributed by atoms with E-state index in [2.05, 4.69) is 9.97 Å². The lowest BCUT2D eigenvalue weighted by atomic mass is 10.0. The minimum absolute atomic E-state index is 0.177. The summed E-state index contributed by atoms with van der Waals surface area (Å²) in [6.45, 7) is 1.98. The van der Waals surface area contributed by atoms with Gasteiger partial charge in [0.2, 0.25) is 0 Å². The van der Waals surface area contributed by atoms with Crippen LogP contribution in [0.1, 0.15) is 16.8 Å². The van der Waals surface area contributed by atoms with Crippen molar-refractivity contribution in [3.63, 3.8) is 0 Å². The maximum absolute atomic E-state index is 13.1. The van der Waals surface area contributed by atoms with Crippen molar-refractivity contribution in [1.29, 1.82) is 0 Å². The molecule has 0 amide bonds. The van der Waals surface area contributed by atoms with Gasteiger partial charge in [0, 0.05) is 16.8 Å². The standard InChI is InChI=1S/C14H14F3N3S/c1-9-5-7-19-13(20-9)21-11-3-2-10(4-6-18)12(8-11)14(15,16)17/h2-3,5,7-8H,4,6,18H2,1H3. The first kappa shape index (κ1) is 15.8. The van der Waals surface area contributed by atoms with Crippen LogP contribution in [0.4, 0.5) is 13.2 Å². The molecule has 1 aromatic carbocycles. The van der Waals surface area contributed by atoms with Crippen LogP contribution in [0.3, 0.4) is 0 Å². The molecule has 0 radical (unpaired) electrons. The Morgan fingerprint density at radius 1 is 1.24 bits per heavy atom. The molecule has 2 N–H and O–H groups in total. The van der Waals surface area contributed by atoms with Gasteiger partial charge in [0.05, 0.1) is 5.56 Å². The number of rotatable bonds is 4. The molecule has 0 spiro atoms. The molecule has 0 aliphatic carbocycles. The van der Waals surface area contributed by atoms with Crippen LogP contribution in [0.5, 0.6) is 0 Å². The van der Waals surface area contributed by atoms with Crippen molar-refractivity contribution in [1.82, 2.24) is 9.97 Å². The summed E-state index contributed by atoms with van der Waals surface area (Å²) >= 11 is 1.11. The Hall–Kier alpha value is -1.60. The van der Waals surface area contributed by atoms with Gasteiger partial charge in [-0.1, -0.05) is 6.07 Å². The summed E-state index contributed by atoms with van der Waals surface area (Å²) in [5.41, 5.74) is 5.69. The van der Waals surface area contributed by atoms with Gasteiger partial charge in [-0.15, -0.1) is 0 Å². The lowest BCUT2D eigenvalue weighted by Crippen LogP contribution is -2.12. The summed E-state index contributed by atoms with van der Waals surface area (Å²) in [5, 5.41) is 0.426. The van der Waals surface area contributed by atoms with Crippen molar-refractivity contribution in [2.75, 3.05) is 6.54 Å². The molecule has 2 aromatic rings. The van der Waals surface area contributed by atoms with Gasteiger partial charge in [0.25, 0.3) is 0 Å². The van der Waals surface area contributed by atoms with Crippen molar-refractivity contribution < 1.29 is 13.2 Å². The first-order chi connectivity index (χ1) is 9.90. The summed E-state index contributed by atoms with van der Waals surface area (Å²) < 4.78 is 39.2. The van der Waals surface area contributed by atoms with Gasteiger partial charge in [0.15, 0.2) is 5.16 Å². The number of aryl methyl sites for hydroxylation is 1. The minimum Gasteiger partial charge on any atom is -0.330 e. The fourth-order valence-electron chi connectivity index (χ4n) is 1.84. The van der Waals surface area contributed by atoms with E-state index in [4.69, 9.17) is 5.73 Å². The van der Waals surface area contributed by atoms with Crippen LogP contribution in [0.25, 0.3) is 0 Å². The zero-order valence-corrected chi connectivity index (χ0v) is 12.1. The van der Waals surface area contributed by atoms with Crippen molar-refractivity contribution in [2.24, 2.45) is 5.73 Å². The van der Waals surface area contributed by atoms with Gasteiger partial charge >= 0.3 is 6.18 Å². The highest BCUT2D eigenvalue weighted by Crippen LogP contribution is 2.36. The third kappa shape index (κ3) is 4.18. The highest BCUT2D eigenvalue weighted by atomic mass is 32.2. The van der Waals surface area contributed by atoms with Gasteiger partial charge in [-0.3, -0.25) is 0 Å². The monoisotopic (exact) mass is 313 g/mol. The third-order valence-electron chi connectivity index (χ3n) is 2.78. The van der Waals surface area contributed by atoms with Crippen LogP contribution >= 0.6 is 11.8 Å². The molecular weight excluding hydrogens is 299 g/mol. The normalized spacial score (nSPS) is 11.7. The maximum Gasteiger partial charge on any atom is 0.416 e. The predicted octanol–water partition coefficient (Wildman–Crippen LogP) is 3.46. The molecule has 0 fully saturated rings. The number of halogens is 3. The summed E-state index contributed by atoms with van der Waals surface area (Å²) in [6, 6.07) is 5.96. The van der Waals surface area contributed by atoms with Gasteiger partial charge in [0.1, 0.15) is 0 Å². The third-order valence-corrected chi connectivity index (χ3v) is 3.65. The van der Waals surface area contributed by atoms with E-state index in [0.717, 1.165) is 23.5 Å². The van der Waals surface area contributed by atoms with Gasteiger partial charge < -0.3 is 5.73 Å². The summed E-state index contributed by atoms with van der Waals surface area (Å²) in [7, 11) is 0. The number of nitrogens with two attached hydrogens (primary N) is 1.